The number of hydrogen-bond donors (Lipinski definition) is 1. The van der Waals surface area contributed by atoms with E-state index in [-0.39, 0.29) is 6.04 Å². The maximum absolute atomic E-state index is 6.30. The molecule has 90 valence electrons. The lowest BCUT2D eigenvalue weighted by molar-refractivity contribution is 0.590. The van der Waals surface area contributed by atoms with E-state index in [0.717, 1.165) is 26.5 Å². The normalized spacial score (nSPS) is 12.6. The molecule has 1 atom stereocenters. The topological polar surface area (TPSA) is 24.9 Å². The quantitative estimate of drug-likeness (QED) is 0.914. The van der Waals surface area contributed by atoms with Crippen LogP contribution < -0.4 is 5.32 Å². The van der Waals surface area contributed by atoms with Gasteiger partial charge in [-0.3, -0.25) is 0 Å². The predicted octanol–water partition coefficient (Wildman–Crippen LogP) is 4.06. The summed E-state index contributed by atoms with van der Waals surface area (Å²) >= 11 is 11.4. The third-order valence-corrected chi connectivity index (χ3v) is 4.68. The summed E-state index contributed by atoms with van der Waals surface area (Å²) in [5, 5.41) is 7.16. The second-order valence-electron chi connectivity index (χ2n) is 3.61. The van der Waals surface area contributed by atoms with Gasteiger partial charge in [0.05, 0.1) is 10.0 Å². The van der Waals surface area contributed by atoms with Crippen LogP contribution in [-0.4, -0.2) is 12.0 Å². The van der Waals surface area contributed by atoms with E-state index >= 15 is 0 Å². The van der Waals surface area contributed by atoms with Gasteiger partial charge >= 0.3 is 0 Å². The van der Waals surface area contributed by atoms with Gasteiger partial charge in [0.25, 0.3) is 0 Å². The molecule has 2 rings (SSSR count). The summed E-state index contributed by atoms with van der Waals surface area (Å²) < 4.78 is 0.927. The van der Waals surface area contributed by atoms with Crippen molar-refractivity contribution in [3.05, 3.63) is 49.8 Å². The van der Waals surface area contributed by atoms with Crippen molar-refractivity contribution < 1.29 is 0 Å². The van der Waals surface area contributed by atoms with Crippen LogP contribution >= 0.6 is 38.9 Å². The molecule has 1 unspecified atom stereocenters. The SMILES string of the molecule is CNC(Cc1nccs1)c1cccc(Br)c1Cl. The van der Waals surface area contributed by atoms with Crippen molar-refractivity contribution in [1.29, 1.82) is 0 Å². The third kappa shape index (κ3) is 3.07. The summed E-state index contributed by atoms with van der Waals surface area (Å²) in [5.41, 5.74) is 1.10. The van der Waals surface area contributed by atoms with Gasteiger partial charge in [0.2, 0.25) is 0 Å². The first kappa shape index (κ1) is 13.0. The molecule has 17 heavy (non-hydrogen) atoms. The fraction of sp³-hybridized carbons (Fsp3) is 0.250. The Hall–Kier alpha value is -0.420. The molecule has 0 radical (unpaired) electrons. The van der Waals surface area contributed by atoms with E-state index in [2.05, 4.69) is 26.2 Å². The molecule has 0 aliphatic rings. The van der Waals surface area contributed by atoms with Crippen LogP contribution in [0, 0.1) is 0 Å². The second kappa shape index (κ2) is 5.96. The highest BCUT2D eigenvalue weighted by Gasteiger charge is 2.15. The van der Waals surface area contributed by atoms with Crippen LogP contribution in [0.5, 0.6) is 0 Å². The highest BCUT2D eigenvalue weighted by Crippen LogP contribution is 2.31. The van der Waals surface area contributed by atoms with Crippen molar-refractivity contribution in [3.8, 4) is 0 Å². The highest BCUT2D eigenvalue weighted by atomic mass is 79.9. The van der Waals surface area contributed by atoms with Crippen LogP contribution in [-0.2, 0) is 6.42 Å². The van der Waals surface area contributed by atoms with E-state index in [1.807, 2.05) is 36.8 Å². The number of thiazole rings is 1. The van der Waals surface area contributed by atoms with Crippen molar-refractivity contribution in [2.75, 3.05) is 7.05 Å². The number of halogens is 2. The average molecular weight is 332 g/mol. The number of nitrogens with zero attached hydrogens (tertiary/aromatic N) is 1. The first-order chi connectivity index (χ1) is 8.22. The lowest BCUT2D eigenvalue weighted by Gasteiger charge is -2.17. The van der Waals surface area contributed by atoms with Crippen molar-refractivity contribution in [2.24, 2.45) is 0 Å². The molecule has 0 aliphatic heterocycles. The van der Waals surface area contributed by atoms with Crippen LogP contribution in [0.1, 0.15) is 16.6 Å². The Balaban J connectivity index is 2.26. The molecule has 1 aromatic heterocycles. The first-order valence-corrected chi connectivity index (χ1v) is 7.27. The minimum atomic E-state index is 0.186. The van der Waals surface area contributed by atoms with Gasteiger partial charge in [-0.1, -0.05) is 23.7 Å². The molecule has 0 spiro atoms. The van der Waals surface area contributed by atoms with Gasteiger partial charge in [-0.05, 0) is 34.6 Å². The molecule has 2 aromatic rings. The van der Waals surface area contributed by atoms with E-state index in [1.165, 1.54) is 0 Å². The van der Waals surface area contributed by atoms with Crippen LogP contribution in [0.2, 0.25) is 5.02 Å². The molecule has 1 N–H and O–H groups in total. The van der Waals surface area contributed by atoms with Gasteiger partial charge in [0, 0.05) is 28.5 Å². The summed E-state index contributed by atoms with van der Waals surface area (Å²) in [7, 11) is 1.94. The Bertz CT molecular complexity index is 487. The Morgan fingerprint density at radius 1 is 1.53 bits per heavy atom. The molecule has 1 heterocycles. The fourth-order valence-electron chi connectivity index (χ4n) is 1.69. The maximum atomic E-state index is 6.30. The Labute approximate surface area is 118 Å². The van der Waals surface area contributed by atoms with Crippen molar-refractivity contribution in [2.45, 2.75) is 12.5 Å². The van der Waals surface area contributed by atoms with Gasteiger partial charge in [0.15, 0.2) is 0 Å². The lowest BCUT2D eigenvalue weighted by Crippen LogP contribution is -2.19. The Morgan fingerprint density at radius 3 is 3.00 bits per heavy atom. The van der Waals surface area contributed by atoms with Gasteiger partial charge in [-0.15, -0.1) is 11.3 Å². The van der Waals surface area contributed by atoms with E-state index in [9.17, 15) is 0 Å². The molecule has 0 fully saturated rings. The van der Waals surface area contributed by atoms with E-state index in [0.29, 0.717) is 0 Å². The molecular formula is C12H12BrClN2S. The zero-order valence-corrected chi connectivity index (χ0v) is 12.4. The third-order valence-electron chi connectivity index (χ3n) is 2.57. The maximum Gasteiger partial charge on any atom is 0.0943 e. The minimum absolute atomic E-state index is 0.186. The van der Waals surface area contributed by atoms with Crippen LogP contribution in [0.4, 0.5) is 0 Å². The van der Waals surface area contributed by atoms with Crippen molar-refractivity contribution >= 4 is 38.9 Å². The van der Waals surface area contributed by atoms with Gasteiger partial charge in [-0.25, -0.2) is 4.98 Å². The Kier molecular flexibility index (Phi) is 4.56. The number of benzene rings is 1. The predicted molar refractivity (Wildman–Crippen MR) is 76.8 cm³/mol. The molecule has 0 bridgehead atoms. The summed E-state index contributed by atoms with van der Waals surface area (Å²) in [6.07, 6.45) is 2.68. The molecule has 0 saturated carbocycles. The number of nitrogens with one attached hydrogen (secondary N) is 1. The largest absolute Gasteiger partial charge is 0.313 e. The second-order valence-corrected chi connectivity index (χ2v) is 5.83. The number of aromatic nitrogens is 1. The van der Waals surface area contributed by atoms with E-state index in [1.54, 1.807) is 11.3 Å². The molecule has 2 nitrogen and oxygen atoms in total. The van der Waals surface area contributed by atoms with E-state index in [4.69, 9.17) is 11.6 Å². The van der Waals surface area contributed by atoms with Crippen LogP contribution in [0.25, 0.3) is 0 Å². The first-order valence-electron chi connectivity index (χ1n) is 5.22. The zero-order valence-electron chi connectivity index (χ0n) is 9.28. The van der Waals surface area contributed by atoms with Crippen LogP contribution in [0.15, 0.2) is 34.2 Å². The fourth-order valence-corrected chi connectivity index (χ4v) is 2.99. The molecule has 5 heteroatoms. The standard InChI is InChI=1S/C12H12BrClN2S/c1-15-10(7-11-16-5-6-17-11)8-3-2-4-9(13)12(8)14/h2-6,10,15H,7H2,1H3. The highest BCUT2D eigenvalue weighted by molar-refractivity contribution is 9.10. The lowest BCUT2D eigenvalue weighted by atomic mass is 10.0. The summed E-state index contributed by atoms with van der Waals surface area (Å²) in [6, 6.07) is 6.17. The van der Waals surface area contributed by atoms with E-state index < -0.39 is 0 Å². The monoisotopic (exact) mass is 330 g/mol. The van der Waals surface area contributed by atoms with Crippen LogP contribution in [0.3, 0.4) is 0 Å². The zero-order chi connectivity index (χ0) is 12.3. The minimum Gasteiger partial charge on any atom is -0.313 e. The van der Waals surface area contributed by atoms with Crippen molar-refractivity contribution in [1.82, 2.24) is 10.3 Å². The number of rotatable bonds is 4. The van der Waals surface area contributed by atoms with Gasteiger partial charge in [-0.2, -0.15) is 0 Å². The Morgan fingerprint density at radius 2 is 2.35 bits per heavy atom. The van der Waals surface area contributed by atoms with Gasteiger partial charge < -0.3 is 5.32 Å². The van der Waals surface area contributed by atoms with Gasteiger partial charge in [0.1, 0.15) is 0 Å². The summed E-state index contributed by atoms with van der Waals surface area (Å²) in [5.74, 6) is 0. The molecule has 0 saturated heterocycles. The molecule has 1 aromatic carbocycles. The van der Waals surface area contributed by atoms with Crippen molar-refractivity contribution in [3.63, 3.8) is 0 Å². The smallest absolute Gasteiger partial charge is 0.0943 e. The number of hydrogen-bond acceptors (Lipinski definition) is 3. The molecular weight excluding hydrogens is 320 g/mol. The summed E-state index contributed by atoms with van der Waals surface area (Å²) in [4.78, 5) is 4.31. The molecule has 0 aliphatic carbocycles. The summed E-state index contributed by atoms with van der Waals surface area (Å²) in [6.45, 7) is 0. The average Bonchev–Trinajstić information content (AvgIpc) is 2.83. The number of likely N-dealkylation sites (N-methyl/N-ethyl adjacent to an activating group) is 1. The molecule has 0 amide bonds.